The second-order valence-electron chi connectivity index (χ2n) is 3.79. The number of aromatic carboxylic acids is 1. The maximum absolute atomic E-state index is 11.9. The predicted octanol–water partition coefficient (Wildman–Crippen LogP) is 2.24. The summed E-state index contributed by atoms with van der Waals surface area (Å²) in [6.45, 7) is 0. The maximum Gasteiger partial charge on any atom is 0.337 e. The van der Waals surface area contributed by atoms with Crippen LogP contribution < -0.4 is 10.9 Å². The first-order valence-corrected chi connectivity index (χ1v) is 5.78. The third-order valence-corrected chi connectivity index (χ3v) is 2.66. The van der Waals surface area contributed by atoms with Crippen LogP contribution in [0.4, 0.5) is 5.69 Å². The third kappa shape index (κ3) is 3.04. The monoisotopic (exact) mass is 293 g/mol. The Morgan fingerprint density at radius 2 is 1.95 bits per heavy atom. The minimum absolute atomic E-state index is 0.0567. The maximum atomic E-state index is 11.9. The van der Waals surface area contributed by atoms with Crippen LogP contribution in [0.25, 0.3) is 0 Å². The molecule has 0 atom stereocenters. The summed E-state index contributed by atoms with van der Waals surface area (Å²) >= 11 is 5.77. The first-order valence-electron chi connectivity index (χ1n) is 5.40. The van der Waals surface area contributed by atoms with Gasteiger partial charge in [-0.1, -0.05) is 11.6 Å². The van der Waals surface area contributed by atoms with Crippen LogP contribution >= 0.6 is 11.6 Å². The highest BCUT2D eigenvalue weighted by Crippen LogP contribution is 2.21. The molecule has 0 saturated heterocycles. The van der Waals surface area contributed by atoms with Gasteiger partial charge < -0.3 is 14.8 Å². The summed E-state index contributed by atoms with van der Waals surface area (Å²) in [4.78, 5) is 33.7. The molecule has 2 N–H and O–H groups in total. The van der Waals surface area contributed by atoms with E-state index in [1.807, 2.05) is 0 Å². The van der Waals surface area contributed by atoms with E-state index in [1.165, 1.54) is 24.3 Å². The number of carboxylic acids is 1. The molecule has 20 heavy (non-hydrogen) atoms. The zero-order valence-electron chi connectivity index (χ0n) is 9.92. The van der Waals surface area contributed by atoms with Gasteiger partial charge in [-0.25, -0.2) is 9.59 Å². The van der Waals surface area contributed by atoms with Gasteiger partial charge in [0, 0.05) is 11.1 Å². The van der Waals surface area contributed by atoms with Gasteiger partial charge in [0.05, 0.1) is 16.8 Å². The number of carboxylic acid groups (broad SMARTS) is 1. The molecular formula is C13H8ClNO5. The van der Waals surface area contributed by atoms with E-state index < -0.39 is 17.5 Å². The van der Waals surface area contributed by atoms with E-state index in [-0.39, 0.29) is 21.8 Å². The lowest BCUT2D eigenvalue weighted by Gasteiger charge is -2.08. The number of halogens is 1. The largest absolute Gasteiger partial charge is 0.478 e. The molecule has 102 valence electrons. The van der Waals surface area contributed by atoms with Crippen molar-refractivity contribution in [2.45, 2.75) is 0 Å². The molecule has 6 nitrogen and oxygen atoms in total. The second kappa shape index (κ2) is 5.58. The van der Waals surface area contributed by atoms with Gasteiger partial charge >= 0.3 is 11.6 Å². The number of hydrogen-bond acceptors (Lipinski definition) is 4. The van der Waals surface area contributed by atoms with Crippen molar-refractivity contribution in [3.63, 3.8) is 0 Å². The summed E-state index contributed by atoms with van der Waals surface area (Å²) in [6.07, 6.45) is 0.989. The third-order valence-electron chi connectivity index (χ3n) is 2.42. The normalized spacial score (nSPS) is 10.1. The number of carbonyl (C=O) groups is 2. The van der Waals surface area contributed by atoms with Crippen molar-refractivity contribution in [2.75, 3.05) is 5.32 Å². The van der Waals surface area contributed by atoms with Crippen LogP contribution in [0.2, 0.25) is 5.02 Å². The van der Waals surface area contributed by atoms with E-state index in [0.29, 0.717) is 0 Å². The number of hydrogen-bond donors (Lipinski definition) is 2. The van der Waals surface area contributed by atoms with Crippen LogP contribution in [0.3, 0.4) is 0 Å². The molecule has 1 amide bonds. The fraction of sp³-hybridized carbons (Fsp3) is 0. The lowest BCUT2D eigenvalue weighted by atomic mass is 10.1. The Labute approximate surface area is 117 Å². The summed E-state index contributed by atoms with van der Waals surface area (Å²) in [5.74, 6) is -1.81. The molecule has 0 bridgehead atoms. The predicted molar refractivity (Wildman–Crippen MR) is 71.3 cm³/mol. The summed E-state index contributed by atoms with van der Waals surface area (Å²) in [5, 5.41) is 11.7. The molecule has 2 aromatic rings. The van der Waals surface area contributed by atoms with E-state index in [1.54, 1.807) is 0 Å². The van der Waals surface area contributed by atoms with Crippen LogP contribution in [0.5, 0.6) is 0 Å². The Morgan fingerprint density at radius 3 is 2.55 bits per heavy atom. The summed E-state index contributed by atoms with van der Waals surface area (Å²) in [5.41, 5.74) is -0.544. The van der Waals surface area contributed by atoms with E-state index in [9.17, 15) is 14.4 Å². The van der Waals surface area contributed by atoms with Gasteiger partial charge in [-0.15, -0.1) is 0 Å². The molecule has 1 aromatic carbocycles. The molecule has 0 radical (unpaired) electrons. The lowest BCUT2D eigenvalue weighted by Crippen LogP contribution is -2.15. The first kappa shape index (κ1) is 13.8. The fourth-order valence-corrected chi connectivity index (χ4v) is 1.66. The lowest BCUT2D eigenvalue weighted by molar-refractivity contribution is 0.0698. The Balaban J connectivity index is 2.32. The molecular weight excluding hydrogens is 286 g/mol. The zero-order chi connectivity index (χ0) is 14.7. The molecule has 0 aliphatic carbocycles. The standard InChI is InChI=1S/C13H8ClNO5/c14-8-2-3-9(13(18)19)10(5-8)15-12(17)7-1-4-11(16)20-6-7/h1-6H,(H,15,17)(H,18,19). The molecule has 0 aliphatic heterocycles. The quantitative estimate of drug-likeness (QED) is 0.904. The molecule has 1 heterocycles. The van der Waals surface area contributed by atoms with Crippen molar-refractivity contribution < 1.29 is 19.1 Å². The molecule has 0 unspecified atom stereocenters. The van der Waals surface area contributed by atoms with Gasteiger partial charge in [0.2, 0.25) is 0 Å². The van der Waals surface area contributed by atoms with Crippen LogP contribution in [-0.4, -0.2) is 17.0 Å². The average molecular weight is 294 g/mol. The fourth-order valence-electron chi connectivity index (χ4n) is 1.49. The molecule has 7 heteroatoms. The van der Waals surface area contributed by atoms with E-state index >= 15 is 0 Å². The molecule has 2 rings (SSSR count). The van der Waals surface area contributed by atoms with E-state index in [4.69, 9.17) is 16.7 Å². The number of amides is 1. The highest BCUT2D eigenvalue weighted by Gasteiger charge is 2.14. The number of benzene rings is 1. The molecule has 0 spiro atoms. The number of carbonyl (C=O) groups excluding carboxylic acids is 1. The Bertz CT molecular complexity index is 717. The molecule has 1 aromatic heterocycles. The van der Waals surface area contributed by atoms with E-state index in [2.05, 4.69) is 9.73 Å². The molecule has 0 fully saturated rings. The average Bonchev–Trinajstić information content (AvgIpc) is 2.39. The van der Waals surface area contributed by atoms with Gasteiger partial charge in [-0.2, -0.15) is 0 Å². The van der Waals surface area contributed by atoms with Crippen LogP contribution in [-0.2, 0) is 0 Å². The van der Waals surface area contributed by atoms with Crippen molar-refractivity contribution >= 4 is 29.2 Å². The number of anilines is 1. The number of rotatable bonds is 3. The molecule has 0 aliphatic rings. The van der Waals surface area contributed by atoms with Crippen molar-refractivity contribution in [1.82, 2.24) is 0 Å². The Morgan fingerprint density at radius 1 is 1.20 bits per heavy atom. The van der Waals surface area contributed by atoms with Crippen LogP contribution in [0.1, 0.15) is 20.7 Å². The van der Waals surface area contributed by atoms with Gasteiger partial charge in [0.15, 0.2) is 0 Å². The second-order valence-corrected chi connectivity index (χ2v) is 4.23. The summed E-state index contributed by atoms with van der Waals surface area (Å²) in [6, 6.07) is 6.37. The van der Waals surface area contributed by atoms with Crippen molar-refractivity contribution in [3.05, 3.63) is 63.2 Å². The zero-order valence-corrected chi connectivity index (χ0v) is 10.7. The van der Waals surface area contributed by atoms with Gasteiger partial charge in [-0.3, -0.25) is 4.79 Å². The van der Waals surface area contributed by atoms with Gasteiger partial charge in [-0.05, 0) is 24.3 Å². The van der Waals surface area contributed by atoms with Crippen molar-refractivity contribution in [3.8, 4) is 0 Å². The first-order chi connectivity index (χ1) is 9.47. The van der Waals surface area contributed by atoms with Crippen LogP contribution in [0, 0.1) is 0 Å². The van der Waals surface area contributed by atoms with Gasteiger partial charge in [0.1, 0.15) is 6.26 Å². The smallest absolute Gasteiger partial charge is 0.337 e. The topological polar surface area (TPSA) is 96.6 Å². The minimum atomic E-state index is -1.20. The van der Waals surface area contributed by atoms with Crippen molar-refractivity contribution in [1.29, 1.82) is 0 Å². The van der Waals surface area contributed by atoms with Gasteiger partial charge in [0.25, 0.3) is 5.91 Å². The highest BCUT2D eigenvalue weighted by atomic mass is 35.5. The SMILES string of the molecule is O=C(Nc1cc(Cl)ccc1C(=O)O)c1ccc(=O)oc1. The summed E-state index contributed by atoms with van der Waals surface area (Å²) in [7, 11) is 0. The number of nitrogens with one attached hydrogen (secondary N) is 1. The Hall–Kier alpha value is -2.60. The summed E-state index contributed by atoms with van der Waals surface area (Å²) < 4.78 is 4.56. The van der Waals surface area contributed by atoms with Crippen LogP contribution in [0.15, 0.2) is 45.8 Å². The van der Waals surface area contributed by atoms with E-state index in [0.717, 1.165) is 12.3 Å². The molecule has 0 saturated carbocycles. The Kier molecular flexibility index (Phi) is 3.86. The minimum Gasteiger partial charge on any atom is -0.478 e. The highest BCUT2D eigenvalue weighted by molar-refractivity contribution is 6.31. The van der Waals surface area contributed by atoms with Crippen molar-refractivity contribution in [2.24, 2.45) is 0 Å².